The zero-order chi connectivity index (χ0) is 19.3. The van der Waals surface area contributed by atoms with Crippen molar-refractivity contribution in [2.75, 3.05) is 33.2 Å². The minimum atomic E-state index is -0.232. The van der Waals surface area contributed by atoms with Gasteiger partial charge < -0.3 is 4.90 Å². The number of nitrogens with zero attached hydrogens (tertiary/aromatic N) is 6. The van der Waals surface area contributed by atoms with Crippen LogP contribution in [0.25, 0.3) is 0 Å². The summed E-state index contributed by atoms with van der Waals surface area (Å²) in [6, 6.07) is 17.0. The monoisotopic (exact) mass is 380 g/mol. The second-order valence-corrected chi connectivity index (χ2v) is 7.29. The van der Waals surface area contributed by atoms with Gasteiger partial charge in [0.05, 0.1) is 6.04 Å². The maximum absolute atomic E-state index is 13.5. The standard InChI is InChI=1S/C21H25FN6/c1-26-13-15-27(16-14-26)20(18-7-9-19(22)10-8-18)21-23-24-25-28(21)12-11-17-5-3-2-4-6-17/h2-10,20H,11-16H2,1H3. The summed E-state index contributed by atoms with van der Waals surface area (Å²) in [5.74, 6) is 0.580. The van der Waals surface area contributed by atoms with Gasteiger partial charge >= 0.3 is 0 Å². The lowest BCUT2D eigenvalue weighted by atomic mass is 10.0. The van der Waals surface area contributed by atoms with Gasteiger partial charge in [0.2, 0.25) is 0 Å². The van der Waals surface area contributed by atoms with Crippen molar-refractivity contribution in [1.82, 2.24) is 30.0 Å². The first kappa shape index (κ1) is 18.7. The molecule has 1 aromatic heterocycles. The summed E-state index contributed by atoms with van der Waals surface area (Å²) in [7, 11) is 2.13. The predicted octanol–water partition coefficient (Wildman–Crippen LogP) is 2.39. The highest BCUT2D eigenvalue weighted by atomic mass is 19.1. The number of rotatable bonds is 6. The third kappa shape index (κ3) is 4.26. The summed E-state index contributed by atoms with van der Waals surface area (Å²) >= 11 is 0. The highest BCUT2D eigenvalue weighted by Gasteiger charge is 2.29. The van der Waals surface area contributed by atoms with E-state index in [4.69, 9.17) is 0 Å². The van der Waals surface area contributed by atoms with Gasteiger partial charge in [0.25, 0.3) is 0 Å². The molecule has 1 atom stereocenters. The van der Waals surface area contributed by atoms with Crippen molar-refractivity contribution < 1.29 is 4.39 Å². The van der Waals surface area contributed by atoms with Crippen LogP contribution in [0.2, 0.25) is 0 Å². The van der Waals surface area contributed by atoms with E-state index in [2.05, 4.69) is 44.5 Å². The van der Waals surface area contributed by atoms with E-state index in [0.717, 1.165) is 44.0 Å². The molecule has 0 saturated carbocycles. The number of benzene rings is 2. The first-order valence-electron chi connectivity index (χ1n) is 9.69. The molecule has 7 heteroatoms. The fraction of sp³-hybridized carbons (Fsp3) is 0.381. The van der Waals surface area contributed by atoms with E-state index in [0.29, 0.717) is 6.54 Å². The van der Waals surface area contributed by atoms with Crippen molar-refractivity contribution in [3.8, 4) is 0 Å². The Morgan fingerprint density at radius 2 is 1.68 bits per heavy atom. The van der Waals surface area contributed by atoms with E-state index in [1.807, 2.05) is 35.0 Å². The Labute approximate surface area is 164 Å². The molecule has 0 aliphatic carbocycles. The van der Waals surface area contributed by atoms with Crippen LogP contribution in [-0.2, 0) is 13.0 Å². The molecule has 6 nitrogen and oxygen atoms in total. The average molecular weight is 380 g/mol. The van der Waals surface area contributed by atoms with Gasteiger partial charge in [-0.25, -0.2) is 9.07 Å². The number of aryl methyl sites for hydroxylation is 2. The number of piperazine rings is 1. The first-order chi connectivity index (χ1) is 13.7. The van der Waals surface area contributed by atoms with Crippen LogP contribution in [-0.4, -0.2) is 63.2 Å². The average Bonchev–Trinajstić information content (AvgIpc) is 3.18. The van der Waals surface area contributed by atoms with Crippen molar-refractivity contribution in [1.29, 1.82) is 0 Å². The molecule has 28 heavy (non-hydrogen) atoms. The van der Waals surface area contributed by atoms with Gasteiger partial charge in [-0.15, -0.1) is 5.10 Å². The molecule has 4 rings (SSSR count). The molecule has 2 aromatic carbocycles. The SMILES string of the molecule is CN1CCN(C(c2ccc(F)cc2)c2nnnn2CCc2ccccc2)CC1. The Balaban J connectivity index is 1.61. The number of halogens is 1. The van der Waals surface area contributed by atoms with E-state index < -0.39 is 0 Å². The molecule has 1 aliphatic heterocycles. The minimum absolute atomic E-state index is 0.0833. The number of hydrogen-bond donors (Lipinski definition) is 0. The van der Waals surface area contributed by atoms with Gasteiger partial charge in [0.1, 0.15) is 5.82 Å². The molecule has 0 N–H and O–H groups in total. The number of hydrogen-bond acceptors (Lipinski definition) is 5. The lowest BCUT2D eigenvalue weighted by Crippen LogP contribution is -2.46. The Morgan fingerprint density at radius 3 is 2.39 bits per heavy atom. The third-order valence-electron chi connectivity index (χ3n) is 5.35. The number of tetrazole rings is 1. The first-order valence-corrected chi connectivity index (χ1v) is 9.69. The lowest BCUT2D eigenvalue weighted by molar-refractivity contribution is 0.121. The molecule has 1 unspecified atom stereocenters. The summed E-state index contributed by atoms with van der Waals surface area (Å²) in [6.07, 6.45) is 0.859. The van der Waals surface area contributed by atoms with Crippen molar-refractivity contribution in [2.24, 2.45) is 0 Å². The van der Waals surface area contributed by atoms with Gasteiger partial charge in [-0.2, -0.15) is 0 Å². The van der Waals surface area contributed by atoms with Crippen LogP contribution < -0.4 is 0 Å². The van der Waals surface area contributed by atoms with Crippen LogP contribution in [0.5, 0.6) is 0 Å². The lowest BCUT2D eigenvalue weighted by Gasteiger charge is -2.37. The largest absolute Gasteiger partial charge is 0.304 e. The Kier molecular flexibility index (Phi) is 5.73. The molecular weight excluding hydrogens is 355 g/mol. The molecule has 2 heterocycles. The summed E-state index contributed by atoms with van der Waals surface area (Å²) in [4.78, 5) is 4.70. The molecular formula is C21H25FN6. The quantitative estimate of drug-likeness (QED) is 0.657. The predicted molar refractivity (Wildman–Crippen MR) is 105 cm³/mol. The normalized spacial score (nSPS) is 16.9. The Bertz CT molecular complexity index is 871. The molecule has 0 radical (unpaired) electrons. The fourth-order valence-electron chi connectivity index (χ4n) is 3.69. The number of aromatic nitrogens is 4. The summed E-state index contributed by atoms with van der Waals surface area (Å²) in [5.41, 5.74) is 2.27. The zero-order valence-corrected chi connectivity index (χ0v) is 16.1. The molecule has 146 valence electrons. The highest BCUT2D eigenvalue weighted by molar-refractivity contribution is 5.25. The van der Waals surface area contributed by atoms with Gasteiger partial charge in [-0.05, 0) is 47.2 Å². The minimum Gasteiger partial charge on any atom is -0.304 e. The third-order valence-corrected chi connectivity index (χ3v) is 5.35. The van der Waals surface area contributed by atoms with E-state index in [9.17, 15) is 4.39 Å². The Morgan fingerprint density at radius 1 is 0.964 bits per heavy atom. The van der Waals surface area contributed by atoms with E-state index in [1.165, 1.54) is 17.7 Å². The zero-order valence-electron chi connectivity index (χ0n) is 16.1. The smallest absolute Gasteiger partial charge is 0.173 e. The Hall–Kier alpha value is -2.64. The van der Waals surface area contributed by atoms with E-state index in [1.54, 1.807) is 0 Å². The second-order valence-electron chi connectivity index (χ2n) is 7.29. The highest BCUT2D eigenvalue weighted by Crippen LogP contribution is 2.28. The second kappa shape index (κ2) is 8.58. The molecule has 1 fully saturated rings. The van der Waals surface area contributed by atoms with Crippen LogP contribution >= 0.6 is 0 Å². The number of likely N-dealkylation sites (N-methyl/N-ethyl adjacent to an activating group) is 1. The molecule has 0 bridgehead atoms. The summed E-state index contributed by atoms with van der Waals surface area (Å²) in [6.45, 7) is 4.53. The van der Waals surface area contributed by atoms with Crippen LogP contribution in [0.3, 0.4) is 0 Å². The van der Waals surface area contributed by atoms with Crippen LogP contribution in [0.4, 0.5) is 4.39 Å². The maximum atomic E-state index is 13.5. The molecule has 0 spiro atoms. The van der Waals surface area contributed by atoms with Gasteiger partial charge in [0, 0.05) is 32.7 Å². The van der Waals surface area contributed by atoms with Crippen LogP contribution in [0.1, 0.15) is 23.0 Å². The van der Waals surface area contributed by atoms with Gasteiger partial charge in [0.15, 0.2) is 5.82 Å². The molecule has 1 saturated heterocycles. The van der Waals surface area contributed by atoms with Gasteiger partial charge in [-0.3, -0.25) is 4.90 Å². The van der Waals surface area contributed by atoms with Crippen LogP contribution in [0, 0.1) is 5.82 Å². The summed E-state index contributed by atoms with van der Waals surface area (Å²) in [5, 5.41) is 12.6. The van der Waals surface area contributed by atoms with E-state index in [-0.39, 0.29) is 11.9 Å². The molecule has 3 aromatic rings. The molecule has 1 aliphatic rings. The van der Waals surface area contributed by atoms with Crippen LogP contribution in [0.15, 0.2) is 54.6 Å². The van der Waals surface area contributed by atoms with Crippen molar-refractivity contribution in [3.05, 3.63) is 77.4 Å². The summed E-state index contributed by atoms with van der Waals surface area (Å²) < 4.78 is 15.4. The van der Waals surface area contributed by atoms with Crippen molar-refractivity contribution in [2.45, 2.75) is 19.0 Å². The van der Waals surface area contributed by atoms with Gasteiger partial charge in [-0.1, -0.05) is 42.5 Å². The topological polar surface area (TPSA) is 50.1 Å². The maximum Gasteiger partial charge on any atom is 0.173 e. The van der Waals surface area contributed by atoms with Crippen molar-refractivity contribution >= 4 is 0 Å². The van der Waals surface area contributed by atoms with E-state index >= 15 is 0 Å². The molecule has 0 amide bonds. The van der Waals surface area contributed by atoms with Crippen molar-refractivity contribution in [3.63, 3.8) is 0 Å². The fourth-order valence-corrected chi connectivity index (χ4v) is 3.69.